The van der Waals surface area contributed by atoms with Crippen molar-refractivity contribution in [2.45, 2.75) is 15.6 Å². The van der Waals surface area contributed by atoms with Gasteiger partial charge in [0.1, 0.15) is 5.75 Å². The number of carbonyl (C=O) groups is 2. The quantitative estimate of drug-likeness (QED) is 0.318. The van der Waals surface area contributed by atoms with Crippen molar-refractivity contribution < 1.29 is 14.3 Å². The van der Waals surface area contributed by atoms with E-state index >= 15 is 0 Å². The van der Waals surface area contributed by atoms with Gasteiger partial charge in [-0.3, -0.25) is 9.59 Å². The summed E-state index contributed by atoms with van der Waals surface area (Å²) in [6.45, 7) is 2.33. The van der Waals surface area contributed by atoms with Crippen molar-refractivity contribution in [3.63, 3.8) is 0 Å². The van der Waals surface area contributed by atoms with Gasteiger partial charge in [0.25, 0.3) is 0 Å². The molecule has 2 bridgehead atoms. The molecule has 2 unspecified atom stereocenters. The lowest BCUT2D eigenvalue weighted by Crippen LogP contribution is -2.56. The van der Waals surface area contributed by atoms with Crippen LogP contribution in [0.2, 0.25) is 0 Å². The average molecular weight is 553 g/mol. The minimum atomic E-state index is -0.789. The standard InChI is InChI=1S/C26H19Br2NO3/c1-2-32-20-14-8-7-13-19(20)29-23(30)21-22(24(29)31)26(28)16-10-4-3-9-15(16)25(21,27)17-11-5-6-12-18(17)26/h3-14,21-22H,2H2,1H3. The number of para-hydroxylation sites is 2. The van der Waals surface area contributed by atoms with Crippen molar-refractivity contribution in [2.24, 2.45) is 11.8 Å². The van der Waals surface area contributed by atoms with Gasteiger partial charge in [-0.1, -0.05) is 92.5 Å². The number of benzene rings is 3. The van der Waals surface area contributed by atoms with Crippen molar-refractivity contribution >= 4 is 49.4 Å². The lowest BCUT2D eigenvalue weighted by atomic mass is 9.54. The molecular formula is C26H19Br2NO3. The summed E-state index contributed by atoms with van der Waals surface area (Å²) in [5, 5.41) is 0. The van der Waals surface area contributed by atoms with Gasteiger partial charge in [0, 0.05) is 0 Å². The summed E-state index contributed by atoms with van der Waals surface area (Å²) in [6.07, 6.45) is 0. The molecule has 7 rings (SSSR count). The van der Waals surface area contributed by atoms with Crippen molar-refractivity contribution in [1.29, 1.82) is 0 Å². The maximum Gasteiger partial charge on any atom is 0.240 e. The van der Waals surface area contributed by atoms with Crippen LogP contribution in [-0.2, 0) is 18.2 Å². The number of halogens is 2. The second kappa shape index (κ2) is 6.78. The molecule has 0 spiro atoms. The third-order valence-electron chi connectivity index (χ3n) is 6.99. The highest BCUT2D eigenvalue weighted by Crippen LogP contribution is 2.71. The molecule has 1 fully saturated rings. The number of carbonyl (C=O) groups excluding carboxylic acids is 2. The molecule has 3 aromatic rings. The number of alkyl halides is 2. The molecule has 0 N–H and O–H groups in total. The fraction of sp³-hybridized carbons (Fsp3) is 0.231. The van der Waals surface area contributed by atoms with Crippen molar-refractivity contribution in [3.8, 4) is 5.75 Å². The zero-order valence-electron chi connectivity index (χ0n) is 17.2. The Morgan fingerprint density at radius 3 is 1.59 bits per heavy atom. The van der Waals surface area contributed by atoms with E-state index < -0.39 is 20.5 Å². The van der Waals surface area contributed by atoms with Crippen LogP contribution in [0, 0.1) is 11.8 Å². The maximum atomic E-state index is 14.1. The average Bonchev–Trinajstić information content (AvgIpc) is 3.09. The Morgan fingerprint density at radius 1 is 0.750 bits per heavy atom. The van der Waals surface area contributed by atoms with Gasteiger partial charge in [-0.2, -0.15) is 0 Å². The zero-order chi connectivity index (χ0) is 22.3. The van der Waals surface area contributed by atoms with Gasteiger partial charge in [-0.25, -0.2) is 4.90 Å². The molecule has 4 nitrogen and oxygen atoms in total. The van der Waals surface area contributed by atoms with Crippen molar-refractivity contribution in [2.75, 3.05) is 11.5 Å². The minimum absolute atomic E-state index is 0.211. The molecule has 2 atom stereocenters. The third-order valence-corrected chi connectivity index (χ3v) is 9.69. The first-order chi connectivity index (χ1) is 15.5. The van der Waals surface area contributed by atoms with Gasteiger partial charge in [0.15, 0.2) is 0 Å². The van der Waals surface area contributed by atoms with Crippen LogP contribution in [0.25, 0.3) is 0 Å². The Kier molecular flexibility index (Phi) is 4.28. The molecule has 6 heteroatoms. The number of nitrogens with zero attached hydrogens (tertiary/aromatic N) is 1. The van der Waals surface area contributed by atoms with Crippen LogP contribution in [0.1, 0.15) is 29.2 Å². The molecule has 0 saturated carbocycles. The normalized spacial score (nSPS) is 29.5. The number of hydrogen-bond acceptors (Lipinski definition) is 3. The molecule has 4 aliphatic rings. The van der Waals surface area contributed by atoms with Crippen LogP contribution in [0.4, 0.5) is 5.69 Å². The Morgan fingerprint density at radius 2 is 1.16 bits per heavy atom. The minimum Gasteiger partial charge on any atom is -0.492 e. The summed E-state index contributed by atoms with van der Waals surface area (Å²) < 4.78 is 4.19. The summed E-state index contributed by atoms with van der Waals surface area (Å²) in [4.78, 5) is 29.5. The van der Waals surface area contributed by atoms with Crippen LogP contribution in [-0.4, -0.2) is 18.4 Å². The lowest BCUT2D eigenvalue weighted by Gasteiger charge is -2.55. The van der Waals surface area contributed by atoms with E-state index in [4.69, 9.17) is 4.74 Å². The van der Waals surface area contributed by atoms with E-state index in [0.29, 0.717) is 18.0 Å². The monoisotopic (exact) mass is 551 g/mol. The molecular weight excluding hydrogens is 534 g/mol. The molecule has 0 radical (unpaired) electrons. The Hall–Kier alpha value is -2.44. The van der Waals surface area contributed by atoms with Crippen LogP contribution in [0.5, 0.6) is 5.75 Å². The second-order valence-corrected chi connectivity index (χ2v) is 10.9. The van der Waals surface area contributed by atoms with E-state index in [2.05, 4.69) is 56.1 Å². The van der Waals surface area contributed by atoms with E-state index in [1.54, 1.807) is 12.1 Å². The van der Waals surface area contributed by atoms with Gasteiger partial charge >= 0.3 is 0 Å². The highest BCUT2D eigenvalue weighted by Gasteiger charge is 2.72. The first kappa shape index (κ1) is 20.2. The predicted molar refractivity (Wildman–Crippen MR) is 129 cm³/mol. The number of anilines is 1. The molecule has 0 aromatic heterocycles. The summed E-state index contributed by atoms with van der Waals surface area (Å²) in [5.74, 6) is -1.07. The Balaban J connectivity index is 1.63. The topological polar surface area (TPSA) is 46.6 Å². The SMILES string of the molecule is CCOc1ccccc1N1C(=O)C2C(C1=O)C1(Br)c3ccccc3C2(Br)c2ccccc21. The molecule has 1 heterocycles. The first-order valence-corrected chi connectivity index (χ1v) is 12.2. The Labute approximate surface area is 202 Å². The molecule has 1 saturated heterocycles. The fourth-order valence-corrected chi connectivity index (χ4v) is 8.13. The summed E-state index contributed by atoms with van der Waals surface area (Å²) in [6, 6.07) is 23.4. The second-order valence-electron chi connectivity index (χ2n) is 8.38. The maximum absolute atomic E-state index is 14.1. The van der Waals surface area contributed by atoms with E-state index in [1.807, 2.05) is 43.3 Å². The van der Waals surface area contributed by atoms with E-state index in [0.717, 1.165) is 22.3 Å². The lowest BCUT2D eigenvalue weighted by molar-refractivity contribution is -0.122. The van der Waals surface area contributed by atoms with Crippen LogP contribution in [0.3, 0.4) is 0 Å². The molecule has 2 amide bonds. The highest BCUT2D eigenvalue weighted by molar-refractivity contribution is 9.10. The van der Waals surface area contributed by atoms with Gasteiger partial charge in [0.05, 0.1) is 32.8 Å². The van der Waals surface area contributed by atoms with Crippen LogP contribution >= 0.6 is 31.9 Å². The van der Waals surface area contributed by atoms with Gasteiger partial charge < -0.3 is 4.74 Å². The zero-order valence-corrected chi connectivity index (χ0v) is 20.4. The molecule has 3 aliphatic carbocycles. The van der Waals surface area contributed by atoms with Crippen molar-refractivity contribution in [1.82, 2.24) is 0 Å². The summed E-state index contributed by atoms with van der Waals surface area (Å²) >= 11 is 8.05. The summed E-state index contributed by atoms with van der Waals surface area (Å²) in [7, 11) is 0. The van der Waals surface area contributed by atoms with Gasteiger partial charge in [0.2, 0.25) is 11.8 Å². The van der Waals surface area contributed by atoms with Gasteiger partial charge in [-0.15, -0.1) is 0 Å². The predicted octanol–water partition coefficient (Wildman–Crippen LogP) is 5.50. The number of rotatable bonds is 3. The number of ether oxygens (including phenoxy) is 1. The van der Waals surface area contributed by atoms with Crippen LogP contribution in [0.15, 0.2) is 72.8 Å². The number of amides is 2. The van der Waals surface area contributed by atoms with E-state index in [-0.39, 0.29) is 11.8 Å². The Bertz CT molecular complexity index is 1180. The van der Waals surface area contributed by atoms with Crippen LogP contribution < -0.4 is 9.64 Å². The number of hydrogen-bond donors (Lipinski definition) is 0. The van der Waals surface area contributed by atoms with E-state index in [9.17, 15) is 9.59 Å². The molecule has 1 aliphatic heterocycles. The third kappa shape index (κ3) is 2.22. The molecule has 160 valence electrons. The van der Waals surface area contributed by atoms with E-state index in [1.165, 1.54) is 4.90 Å². The largest absolute Gasteiger partial charge is 0.492 e. The molecule has 3 aromatic carbocycles. The summed E-state index contributed by atoms with van der Waals surface area (Å²) in [5.41, 5.74) is 4.60. The van der Waals surface area contributed by atoms with Gasteiger partial charge in [-0.05, 0) is 41.3 Å². The smallest absolute Gasteiger partial charge is 0.240 e. The first-order valence-electron chi connectivity index (χ1n) is 10.6. The molecule has 32 heavy (non-hydrogen) atoms. The van der Waals surface area contributed by atoms with Crippen molar-refractivity contribution in [3.05, 3.63) is 95.1 Å². The number of imide groups is 1. The highest BCUT2D eigenvalue weighted by atomic mass is 79.9. The fourth-order valence-electron chi connectivity index (χ4n) is 5.82.